The van der Waals surface area contributed by atoms with Crippen molar-refractivity contribution in [2.24, 2.45) is 0 Å². The number of hydrogen-bond acceptors (Lipinski definition) is 6. The second-order valence-electron chi connectivity index (χ2n) is 6.60. The van der Waals surface area contributed by atoms with E-state index in [4.69, 9.17) is 15.2 Å². The van der Waals surface area contributed by atoms with Gasteiger partial charge < -0.3 is 20.3 Å². The number of carboxylic acids is 1. The number of ether oxygens (including phenoxy) is 2. The van der Waals surface area contributed by atoms with Crippen LogP contribution in [0.1, 0.15) is 29.6 Å². The second kappa shape index (κ2) is 8.00. The Morgan fingerprint density at radius 2 is 2.11 bits per heavy atom. The summed E-state index contributed by atoms with van der Waals surface area (Å²) in [6, 6.07) is 14.7. The van der Waals surface area contributed by atoms with Gasteiger partial charge in [0.1, 0.15) is 0 Å². The predicted octanol–water partition coefficient (Wildman–Crippen LogP) is 4.10. The third kappa shape index (κ3) is 3.72. The van der Waals surface area contributed by atoms with E-state index in [2.05, 4.69) is 4.98 Å². The maximum Gasteiger partial charge on any atom is 0.349 e. The molecule has 4 rings (SSSR count). The highest BCUT2D eigenvalue weighted by atomic mass is 32.1. The van der Waals surface area contributed by atoms with Crippen LogP contribution >= 0.6 is 11.3 Å². The lowest BCUT2D eigenvalue weighted by molar-refractivity contribution is -0.145. The number of carbonyl (C=O) groups is 1. The lowest BCUT2D eigenvalue weighted by Gasteiger charge is -2.20. The minimum Gasteiger partial charge on any atom is -0.478 e. The van der Waals surface area contributed by atoms with Gasteiger partial charge in [-0.3, -0.25) is 0 Å². The lowest BCUT2D eigenvalue weighted by atomic mass is 9.96. The molecule has 1 fully saturated rings. The molecule has 1 saturated heterocycles. The quantitative estimate of drug-likeness (QED) is 0.651. The molecule has 28 heavy (non-hydrogen) atoms. The number of pyridine rings is 1. The fourth-order valence-corrected chi connectivity index (χ4v) is 4.00. The summed E-state index contributed by atoms with van der Waals surface area (Å²) in [5.74, 6) is -0.812. The fourth-order valence-electron chi connectivity index (χ4n) is 3.31. The molecule has 1 aliphatic heterocycles. The zero-order valence-corrected chi connectivity index (χ0v) is 15.9. The van der Waals surface area contributed by atoms with Gasteiger partial charge in [-0.2, -0.15) is 0 Å². The zero-order valence-electron chi connectivity index (χ0n) is 15.1. The summed E-state index contributed by atoms with van der Waals surface area (Å²) >= 11 is 1.56. The minimum absolute atomic E-state index is 0.143. The van der Waals surface area contributed by atoms with E-state index in [1.54, 1.807) is 35.6 Å². The van der Waals surface area contributed by atoms with Gasteiger partial charge in [0.05, 0.1) is 22.9 Å². The molecule has 1 aromatic carbocycles. The highest BCUT2D eigenvalue weighted by molar-refractivity contribution is 7.13. The van der Waals surface area contributed by atoms with Crippen LogP contribution in [0.15, 0.2) is 53.9 Å². The van der Waals surface area contributed by atoms with Gasteiger partial charge in [0.25, 0.3) is 0 Å². The molecule has 0 spiro atoms. The summed E-state index contributed by atoms with van der Waals surface area (Å²) in [4.78, 5) is 17.4. The van der Waals surface area contributed by atoms with Crippen LogP contribution in [0.3, 0.4) is 0 Å². The van der Waals surface area contributed by atoms with Crippen LogP contribution in [0.25, 0.3) is 10.6 Å². The first-order valence-electron chi connectivity index (χ1n) is 9.00. The van der Waals surface area contributed by atoms with E-state index in [0.29, 0.717) is 24.5 Å². The van der Waals surface area contributed by atoms with Crippen molar-refractivity contribution in [3.05, 3.63) is 65.0 Å². The number of aliphatic carboxylic acids is 1. The Kier molecular flexibility index (Phi) is 5.27. The Morgan fingerprint density at radius 3 is 2.75 bits per heavy atom. The third-order valence-electron chi connectivity index (χ3n) is 4.75. The molecule has 2 atom stereocenters. The summed E-state index contributed by atoms with van der Waals surface area (Å²) < 4.78 is 11.4. The van der Waals surface area contributed by atoms with Gasteiger partial charge in [0.15, 0.2) is 0 Å². The molecule has 2 aromatic heterocycles. The number of aromatic nitrogens is 1. The zero-order chi connectivity index (χ0) is 19.5. The van der Waals surface area contributed by atoms with Crippen molar-refractivity contribution in [1.82, 2.24) is 4.98 Å². The molecule has 0 aliphatic carbocycles. The van der Waals surface area contributed by atoms with Crippen LogP contribution in [-0.4, -0.2) is 29.3 Å². The number of nitrogen functional groups attached to an aromatic ring is 1. The first kappa shape index (κ1) is 18.5. The molecule has 0 bridgehead atoms. The first-order chi connectivity index (χ1) is 13.6. The van der Waals surface area contributed by atoms with E-state index in [1.807, 2.05) is 29.6 Å². The van der Waals surface area contributed by atoms with Crippen molar-refractivity contribution in [3.8, 4) is 16.5 Å². The normalized spacial score (nSPS) is 17.4. The Balaban J connectivity index is 1.77. The Labute approximate surface area is 166 Å². The number of nitrogens with two attached hydrogens (primary N) is 1. The molecule has 0 amide bonds. The fraction of sp³-hybridized carbons (Fsp3) is 0.238. The van der Waals surface area contributed by atoms with E-state index in [9.17, 15) is 9.90 Å². The predicted molar refractivity (Wildman–Crippen MR) is 108 cm³/mol. The first-order valence-corrected chi connectivity index (χ1v) is 9.88. The average Bonchev–Trinajstić information content (AvgIpc) is 3.41. The van der Waals surface area contributed by atoms with Crippen molar-refractivity contribution in [3.63, 3.8) is 0 Å². The molecule has 0 radical (unpaired) electrons. The van der Waals surface area contributed by atoms with Gasteiger partial charge >= 0.3 is 5.97 Å². The summed E-state index contributed by atoms with van der Waals surface area (Å²) in [6.07, 6.45) is -0.333. The van der Waals surface area contributed by atoms with Crippen molar-refractivity contribution < 1.29 is 19.4 Å². The summed E-state index contributed by atoms with van der Waals surface area (Å²) in [5.41, 5.74) is 8.90. The molecule has 3 heterocycles. The number of rotatable bonds is 6. The number of hydrogen-bond donors (Lipinski definition) is 2. The molecule has 144 valence electrons. The van der Waals surface area contributed by atoms with Gasteiger partial charge in [-0.25, -0.2) is 9.78 Å². The number of nitrogens with zero attached hydrogens (tertiary/aromatic N) is 1. The SMILES string of the molecule is Nc1c(C2CCOC2)cc(-c2cccs2)nc1OC(C(=O)O)c1ccccc1. The van der Waals surface area contributed by atoms with E-state index in [0.717, 1.165) is 22.6 Å². The van der Waals surface area contributed by atoms with Crippen LogP contribution < -0.4 is 10.5 Å². The van der Waals surface area contributed by atoms with E-state index < -0.39 is 12.1 Å². The number of thiophene rings is 1. The Bertz CT molecular complexity index is 954. The van der Waals surface area contributed by atoms with E-state index in [1.165, 1.54) is 0 Å². The lowest BCUT2D eigenvalue weighted by Crippen LogP contribution is -2.20. The van der Waals surface area contributed by atoms with Gasteiger partial charge in [-0.1, -0.05) is 36.4 Å². The maximum absolute atomic E-state index is 11.9. The highest BCUT2D eigenvalue weighted by Gasteiger charge is 2.28. The second-order valence-corrected chi connectivity index (χ2v) is 7.55. The van der Waals surface area contributed by atoms with Gasteiger partial charge in [-0.05, 0) is 29.5 Å². The Hall–Kier alpha value is -2.90. The molecule has 3 N–H and O–H groups in total. The average molecular weight is 396 g/mol. The summed E-state index contributed by atoms with van der Waals surface area (Å²) in [5, 5.41) is 11.7. The topological polar surface area (TPSA) is 94.7 Å². The van der Waals surface area contributed by atoms with E-state index in [-0.39, 0.29) is 11.8 Å². The minimum atomic E-state index is -1.19. The summed E-state index contributed by atoms with van der Waals surface area (Å²) in [6.45, 7) is 1.26. The molecule has 0 saturated carbocycles. The van der Waals surface area contributed by atoms with Crippen molar-refractivity contribution in [2.45, 2.75) is 18.4 Å². The van der Waals surface area contributed by atoms with E-state index >= 15 is 0 Å². The third-order valence-corrected chi connectivity index (χ3v) is 5.65. The van der Waals surface area contributed by atoms with Crippen LogP contribution in [0.5, 0.6) is 5.88 Å². The number of carboxylic acid groups (broad SMARTS) is 1. The molecule has 2 unspecified atom stereocenters. The van der Waals surface area contributed by atoms with Crippen LogP contribution in [0.2, 0.25) is 0 Å². The molecular weight excluding hydrogens is 376 g/mol. The number of anilines is 1. The maximum atomic E-state index is 11.9. The largest absolute Gasteiger partial charge is 0.478 e. The van der Waals surface area contributed by atoms with Crippen LogP contribution in [-0.2, 0) is 9.53 Å². The van der Waals surface area contributed by atoms with Crippen LogP contribution in [0, 0.1) is 0 Å². The molecule has 1 aliphatic rings. The molecular formula is C21H20N2O4S. The van der Waals surface area contributed by atoms with Crippen LogP contribution in [0.4, 0.5) is 5.69 Å². The van der Waals surface area contributed by atoms with Gasteiger partial charge in [-0.15, -0.1) is 11.3 Å². The molecule has 6 nitrogen and oxygen atoms in total. The monoisotopic (exact) mass is 396 g/mol. The smallest absolute Gasteiger partial charge is 0.349 e. The number of benzene rings is 1. The highest BCUT2D eigenvalue weighted by Crippen LogP contribution is 2.39. The van der Waals surface area contributed by atoms with Crippen molar-refractivity contribution in [2.75, 3.05) is 18.9 Å². The molecule has 7 heteroatoms. The van der Waals surface area contributed by atoms with Gasteiger partial charge in [0.2, 0.25) is 12.0 Å². The van der Waals surface area contributed by atoms with Gasteiger partial charge in [0, 0.05) is 18.1 Å². The molecule has 3 aromatic rings. The Morgan fingerprint density at radius 1 is 1.29 bits per heavy atom. The standard InChI is InChI=1S/C21H20N2O4S/c22-18-15(14-8-9-26-12-14)11-16(17-7-4-10-28-17)23-20(18)27-19(21(24)25)13-5-2-1-3-6-13/h1-7,10-11,14,19H,8-9,12,22H2,(H,24,25). The van der Waals surface area contributed by atoms with Crippen molar-refractivity contribution >= 4 is 23.0 Å². The summed E-state index contributed by atoms with van der Waals surface area (Å²) in [7, 11) is 0. The van der Waals surface area contributed by atoms with Crippen molar-refractivity contribution in [1.29, 1.82) is 0 Å².